The van der Waals surface area contributed by atoms with Gasteiger partial charge in [0.2, 0.25) is 0 Å². The van der Waals surface area contributed by atoms with Gasteiger partial charge in [-0.25, -0.2) is 9.45 Å². The smallest absolute Gasteiger partial charge is 0.271 e. The molecule has 0 saturated carbocycles. The second kappa shape index (κ2) is 8.30. The molecule has 1 amide bonds. The molecule has 1 unspecified atom stereocenters. The third-order valence-corrected chi connectivity index (χ3v) is 6.10. The Morgan fingerprint density at radius 2 is 1.83 bits per heavy atom. The Kier molecular flexibility index (Phi) is 5.76. The molecule has 2 aliphatic heterocycles. The van der Waals surface area contributed by atoms with Crippen LogP contribution >= 0.6 is 11.6 Å². The lowest BCUT2D eigenvalue weighted by Gasteiger charge is -2.49. The summed E-state index contributed by atoms with van der Waals surface area (Å²) in [6.07, 6.45) is 3.55. The minimum Gasteiger partial charge on any atom is -0.505 e. The average molecular weight is 419 g/mol. The number of piperidine rings is 1. The zero-order chi connectivity index (χ0) is 20.4. The summed E-state index contributed by atoms with van der Waals surface area (Å²) in [7, 11) is 0. The number of amides is 1. The van der Waals surface area contributed by atoms with E-state index in [4.69, 9.17) is 16.4 Å². The lowest BCUT2D eigenvalue weighted by atomic mass is 9.81. The van der Waals surface area contributed by atoms with Gasteiger partial charge in [-0.3, -0.25) is 14.5 Å². The molecule has 2 fully saturated rings. The number of hydrogen-bond donors (Lipinski definition) is 1. The molecule has 0 bridgehead atoms. The maximum absolute atomic E-state index is 14.2. The third kappa shape index (κ3) is 3.84. The molecule has 0 spiro atoms. The molecular formula is C22H24ClFN2O3. The van der Waals surface area contributed by atoms with Crippen molar-refractivity contribution in [3.05, 3.63) is 64.4 Å². The number of likely N-dealkylation sites (tertiary alicyclic amines) is 1. The van der Waals surface area contributed by atoms with E-state index in [0.29, 0.717) is 23.6 Å². The lowest BCUT2D eigenvalue weighted by Crippen LogP contribution is -2.61. The quantitative estimate of drug-likeness (QED) is 0.807. The fourth-order valence-corrected chi connectivity index (χ4v) is 4.46. The highest BCUT2D eigenvalue weighted by atomic mass is 35.5. The van der Waals surface area contributed by atoms with Gasteiger partial charge in [0.05, 0.1) is 13.2 Å². The van der Waals surface area contributed by atoms with Gasteiger partial charge in [0.1, 0.15) is 5.54 Å². The minimum atomic E-state index is -1.00. The molecule has 0 aromatic heterocycles. The molecule has 2 saturated heterocycles. The van der Waals surface area contributed by atoms with Crippen molar-refractivity contribution in [2.75, 3.05) is 19.7 Å². The Hall–Kier alpha value is -2.15. The molecule has 2 heterocycles. The number of carbonyl (C=O) groups is 1. The largest absolute Gasteiger partial charge is 0.505 e. The van der Waals surface area contributed by atoms with Gasteiger partial charge >= 0.3 is 0 Å². The average Bonchev–Trinajstić information content (AvgIpc) is 2.74. The first-order valence-corrected chi connectivity index (χ1v) is 10.3. The topological polar surface area (TPSA) is 53.0 Å². The van der Waals surface area contributed by atoms with Crippen molar-refractivity contribution >= 4 is 17.5 Å². The Bertz CT molecular complexity index is 886. The summed E-state index contributed by atoms with van der Waals surface area (Å²) in [4.78, 5) is 21.6. The Balaban J connectivity index is 1.71. The molecule has 2 aromatic rings. The van der Waals surface area contributed by atoms with E-state index in [1.165, 1.54) is 17.2 Å². The number of benzene rings is 2. The molecule has 7 heteroatoms. The number of hydrogen-bond acceptors (Lipinski definition) is 4. The summed E-state index contributed by atoms with van der Waals surface area (Å²) in [5, 5.41) is 11.7. The molecule has 154 valence electrons. The van der Waals surface area contributed by atoms with Crippen LogP contribution in [0.5, 0.6) is 5.75 Å². The molecule has 1 N–H and O–H groups in total. The number of aromatic hydroxyl groups is 1. The maximum Gasteiger partial charge on any atom is 0.271 e. The first kappa shape index (κ1) is 20.1. The molecule has 1 atom stereocenters. The van der Waals surface area contributed by atoms with E-state index >= 15 is 0 Å². The highest BCUT2D eigenvalue weighted by Gasteiger charge is 2.51. The van der Waals surface area contributed by atoms with Crippen molar-refractivity contribution in [2.24, 2.45) is 0 Å². The van der Waals surface area contributed by atoms with Crippen molar-refractivity contribution < 1.29 is 19.1 Å². The fourth-order valence-electron chi connectivity index (χ4n) is 4.33. The van der Waals surface area contributed by atoms with Crippen molar-refractivity contribution in [1.29, 1.82) is 0 Å². The van der Waals surface area contributed by atoms with Crippen molar-refractivity contribution in [2.45, 2.75) is 37.8 Å². The van der Waals surface area contributed by atoms with Crippen LogP contribution in [0.25, 0.3) is 0 Å². The summed E-state index contributed by atoms with van der Waals surface area (Å²) in [5.41, 5.74) is 0.456. The van der Waals surface area contributed by atoms with Gasteiger partial charge in [-0.15, -0.1) is 0 Å². The maximum atomic E-state index is 14.2. The predicted octanol–water partition coefficient (Wildman–Crippen LogP) is 4.23. The molecule has 0 radical (unpaired) electrons. The van der Waals surface area contributed by atoms with E-state index in [-0.39, 0.29) is 12.5 Å². The van der Waals surface area contributed by atoms with E-state index in [1.807, 2.05) is 12.1 Å². The number of hydroxylamine groups is 2. The highest BCUT2D eigenvalue weighted by molar-refractivity contribution is 6.30. The monoisotopic (exact) mass is 418 g/mol. The first-order chi connectivity index (χ1) is 14.0. The molecule has 5 nitrogen and oxygen atoms in total. The van der Waals surface area contributed by atoms with Crippen LogP contribution in [0.15, 0.2) is 42.5 Å². The Morgan fingerprint density at radius 1 is 1.10 bits per heavy atom. The van der Waals surface area contributed by atoms with Crippen molar-refractivity contribution in [3.63, 3.8) is 0 Å². The molecule has 2 aliphatic rings. The summed E-state index contributed by atoms with van der Waals surface area (Å²) >= 11 is 5.96. The van der Waals surface area contributed by atoms with Gasteiger partial charge in [0.25, 0.3) is 5.91 Å². The highest BCUT2D eigenvalue weighted by Crippen LogP contribution is 2.40. The number of phenols is 1. The molecule has 0 aliphatic carbocycles. The van der Waals surface area contributed by atoms with Crippen LogP contribution in [0.2, 0.25) is 5.02 Å². The van der Waals surface area contributed by atoms with Crippen LogP contribution in [-0.4, -0.2) is 40.7 Å². The van der Waals surface area contributed by atoms with Crippen LogP contribution in [-0.2, 0) is 21.7 Å². The van der Waals surface area contributed by atoms with E-state index < -0.39 is 17.1 Å². The molecule has 29 heavy (non-hydrogen) atoms. The minimum absolute atomic E-state index is 0.203. The number of nitrogens with zero attached hydrogens (tertiary/aromatic N) is 2. The van der Waals surface area contributed by atoms with Crippen molar-refractivity contribution in [1.82, 2.24) is 9.96 Å². The number of phenolic OH excluding ortho intramolecular Hbond substituents is 1. The van der Waals surface area contributed by atoms with Gasteiger partial charge in [-0.05, 0) is 61.3 Å². The third-order valence-electron chi connectivity index (χ3n) is 5.85. The Labute approximate surface area is 174 Å². The standard InChI is InChI=1S/C22H24ClFN2O3/c23-18-7-4-16(5-8-18)15-26-21(28)22(10-13-29-26,25-11-2-1-3-12-25)17-6-9-20(27)19(24)14-17/h4-9,14,27H,1-3,10-13,15H2. The number of rotatable bonds is 4. The van der Waals surface area contributed by atoms with Crippen LogP contribution in [0.1, 0.15) is 36.8 Å². The summed E-state index contributed by atoms with van der Waals surface area (Å²) < 4.78 is 14.2. The zero-order valence-electron chi connectivity index (χ0n) is 16.1. The van der Waals surface area contributed by atoms with Gasteiger partial charge in [-0.2, -0.15) is 0 Å². The lowest BCUT2D eigenvalue weighted by molar-refractivity contribution is -0.226. The summed E-state index contributed by atoms with van der Waals surface area (Å²) in [6, 6.07) is 11.5. The number of carbonyl (C=O) groups excluding carboxylic acids is 1. The van der Waals surface area contributed by atoms with E-state index in [9.17, 15) is 14.3 Å². The van der Waals surface area contributed by atoms with Crippen LogP contribution in [0.3, 0.4) is 0 Å². The predicted molar refractivity (Wildman–Crippen MR) is 108 cm³/mol. The second-order valence-corrected chi connectivity index (χ2v) is 8.06. The first-order valence-electron chi connectivity index (χ1n) is 9.94. The van der Waals surface area contributed by atoms with Gasteiger partial charge in [-0.1, -0.05) is 36.2 Å². The summed E-state index contributed by atoms with van der Waals surface area (Å²) in [6.45, 7) is 2.16. The van der Waals surface area contributed by atoms with Gasteiger partial charge in [0, 0.05) is 11.4 Å². The Morgan fingerprint density at radius 3 is 2.52 bits per heavy atom. The van der Waals surface area contributed by atoms with E-state index in [2.05, 4.69) is 4.90 Å². The van der Waals surface area contributed by atoms with Crippen LogP contribution in [0.4, 0.5) is 4.39 Å². The van der Waals surface area contributed by atoms with Crippen LogP contribution < -0.4 is 0 Å². The summed E-state index contributed by atoms with van der Waals surface area (Å²) in [5.74, 6) is -1.34. The molecule has 2 aromatic carbocycles. The molecular weight excluding hydrogens is 395 g/mol. The fraction of sp³-hybridized carbons (Fsp3) is 0.409. The van der Waals surface area contributed by atoms with E-state index in [1.54, 1.807) is 18.2 Å². The normalized spacial score (nSPS) is 23.4. The number of halogens is 2. The molecule has 4 rings (SSSR count). The van der Waals surface area contributed by atoms with Gasteiger partial charge < -0.3 is 5.11 Å². The van der Waals surface area contributed by atoms with Gasteiger partial charge in [0.15, 0.2) is 11.6 Å². The SMILES string of the molecule is O=C1N(Cc2ccc(Cl)cc2)OCCC1(c1ccc(O)c(F)c1)N1CCCCC1. The van der Waals surface area contributed by atoms with Crippen molar-refractivity contribution in [3.8, 4) is 5.75 Å². The van der Waals surface area contributed by atoms with Crippen LogP contribution in [0, 0.1) is 5.82 Å². The zero-order valence-corrected chi connectivity index (χ0v) is 16.9. The van der Waals surface area contributed by atoms with E-state index in [0.717, 1.165) is 37.9 Å². The second-order valence-electron chi connectivity index (χ2n) is 7.63.